The Hall–Kier alpha value is -0.120. The molecule has 0 saturated carbocycles. The Balaban J connectivity index is 2.24. The van der Waals surface area contributed by atoms with Gasteiger partial charge in [0.25, 0.3) is 0 Å². The number of nitrogens with one attached hydrogen (secondary N) is 1. The lowest BCUT2D eigenvalue weighted by Gasteiger charge is -2.39. The van der Waals surface area contributed by atoms with Crippen molar-refractivity contribution in [3.63, 3.8) is 0 Å². The van der Waals surface area contributed by atoms with E-state index in [1.165, 1.54) is 45.3 Å². The largest absolute Gasteiger partial charge is 0.394 e. The number of likely N-dealkylation sites (N-methyl/N-ethyl adjacent to an activating group) is 1. The number of aliphatic hydroxyl groups excluding tert-OH is 1. The summed E-state index contributed by atoms with van der Waals surface area (Å²) in [4.78, 5) is 2.60. The van der Waals surface area contributed by atoms with Crippen LogP contribution in [0.1, 0.15) is 59.8 Å². The number of likely N-dealkylation sites (tertiary alicyclic amines) is 1. The zero-order chi connectivity index (χ0) is 14.4. The van der Waals surface area contributed by atoms with E-state index in [0.29, 0.717) is 5.41 Å². The van der Waals surface area contributed by atoms with Crippen LogP contribution in [0.5, 0.6) is 0 Å². The van der Waals surface area contributed by atoms with Crippen molar-refractivity contribution >= 4 is 0 Å². The first kappa shape index (κ1) is 16.9. The summed E-state index contributed by atoms with van der Waals surface area (Å²) < 4.78 is 0. The van der Waals surface area contributed by atoms with Crippen molar-refractivity contribution in [3.8, 4) is 0 Å². The van der Waals surface area contributed by atoms with E-state index in [1.54, 1.807) is 0 Å². The van der Waals surface area contributed by atoms with Gasteiger partial charge in [-0.2, -0.15) is 0 Å². The maximum Gasteiger partial charge on any atom is 0.0610 e. The van der Waals surface area contributed by atoms with Gasteiger partial charge in [-0.25, -0.2) is 0 Å². The summed E-state index contributed by atoms with van der Waals surface area (Å²) in [6.45, 7) is 13.8. The fraction of sp³-hybridized carbons (Fsp3) is 1.00. The van der Waals surface area contributed by atoms with Crippen molar-refractivity contribution in [1.29, 1.82) is 0 Å². The molecule has 1 aliphatic rings. The fourth-order valence-electron chi connectivity index (χ4n) is 3.01. The normalized spacial score (nSPS) is 23.2. The highest BCUT2D eigenvalue weighted by Crippen LogP contribution is 2.33. The Morgan fingerprint density at radius 2 is 1.89 bits per heavy atom. The molecule has 0 aromatic carbocycles. The standard InChI is InChI=1S/C16H34N2O/c1-5-15(3)9-12-18(13-10-15)11-7-8-16(4,14-19)17-6-2/h17,19H,5-14H2,1-4H3. The van der Waals surface area contributed by atoms with Gasteiger partial charge in [-0.1, -0.05) is 27.2 Å². The molecule has 114 valence electrons. The molecule has 0 spiro atoms. The number of piperidine rings is 1. The minimum Gasteiger partial charge on any atom is -0.394 e. The van der Waals surface area contributed by atoms with Crippen LogP contribution in [0, 0.1) is 5.41 Å². The Morgan fingerprint density at radius 3 is 2.37 bits per heavy atom. The minimum absolute atomic E-state index is 0.0948. The van der Waals surface area contributed by atoms with Crippen molar-refractivity contribution in [2.24, 2.45) is 5.41 Å². The summed E-state index contributed by atoms with van der Waals surface area (Å²) in [7, 11) is 0. The number of hydrogen-bond acceptors (Lipinski definition) is 3. The predicted molar refractivity (Wildman–Crippen MR) is 82.5 cm³/mol. The molecular weight excluding hydrogens is 236 g/mol. The molecule has 1 saturated heterocycles. The molecule has 1 unspecified atom stereocenters. The third kappa shape index (κ3) is 5.41. The maximum absolute atomic E-state index is 9.48. The monoisotopic (exact) mass is 270 g/mol. The third-order valence-corrected chi connectivity index (χ3v) is 5.07. The Kier molecular flexibility index (Phi) is 6.78. The number of aliphatic hydroxyl groups is 1. The zero-order valence-corrected chi connectivity index (χ0v) is 13.5. The van der Waals surface area contributed by atoms with Gasteiger partial charge in [0.15, 0.2) is 0 Å². The van der Waals surface area contributed by atoms with Gasteiger partial charge in [0, 0.05) is 5.54 Å². The summed E-state index contributed by atoms with van der Waals surface area (Å²) >= 11 is 0. The van der Waals surface area contributed by atoms with E-state index in [-0.39, 0.29) is 12.1 Å². The van der Waals surface area contributed by atoms with E-state index in [9.17, 15) is 5.11 Å². The first-order chi connectivity index (χ1) is 8.97. The average molecular weight is 270 g/mol. The molecule has 1 heterocycles. The Labute approximate surface area is 119 Å². The molecular formula is C16H34N2O. The number of rotatable bonds is 8. The molecule has 19 heavy (non-hydrogen) atoms. The van der Waals surface area contributed by atoms with E-state index >= 15 is 0 Å². The van der Waals surface area contributed by atoms with Crippen LogP contribution in [0.15, 0.2) is 0 Å². The molecule has 1 fully saturated rings. The lowest BCUT2D eigenvalue weighted by Crippen LogP contribution is -2.46. The highest BCUT2D eigenvalue weighted by molar-refractivity contribution is 4.84. The molecule has 0 radical (unpaired) electrons. The van der Waals surface area contributed by atoms with Crippen molar-refractivity contribution in [2.45, 2.75) is 65.3 Å². The van der Waals surface area contributed by atoms with Gasteiger partial charge < -0.3 is 15.3 Å². The highest BCUT2D eigenvalue weighted by Gasteiger charge is 2.28. The number of hydrogen-bond donors (Lipinski definition) is 2. The van der Waals surface area contributed by atoms with Crippen LogP contribution in [0.3, 0.4) is 0 Å². The number of nitrogens with zero attached hydrogens (tertiary/aromatic N) is 1. The second kappa shape index (κ2) is 7.61. The van der Waals surface area contributed by atoms with Crippen molar-refractivity contribution in [3.05, 3.63) is 0 Å². The van der Waals surface area contributed by atoms with Crippen LogP contribution < -0.4 is 5.32 Å². The Bertz CT molecular complexity index is 249. The molecule has 0 bridgehead atoms. The average Bonchev–Trinajstić information content (AvgIpc) is 2.42. The van der Waals surface area contributed by atoms with Gasteiger partial charge in [-0.3, -0.25) is 0 Å². The van der Waals surface area contributed by atoms with Gasteiger partial charge in [-0.15, -0.1) is 0 Å². The molecule has 3 heteroatoms. The smallest absolute Gasteiger partial charge is 0.0610 e. The van der Waals surface area contributed by atoms with Gasteiger partial charge in [0.2, 0.25) is 0 Å². The van der Waals surface area contributed by atoms with Gasteiger partial charge in [0.05, 0.1) is 6.61 Å². The van der Waals surface area contributed by atoms with Crippen LogP contribution in [-0.4, -0.2) is 48.3 Å². The van der Waals surface area contributed by atoms with E-state index in [1.807, 2.05) is 0 Å². The molecule has 1 aliphatic heterocycles. The van der Waals surface area contributed by atoms with Crippen molar-refractivity contribution in [2.75, 3.05) is 32.8 Å². The zero-order valence-electron chi connectivity index (χ0n) is 13.5. The topological polar surface area (TPSA) is 35.5 Å². The molecule has 3 nitrogen and oxygen atoms in total. The molecule has 0 amide bonds. The quantitative estimate of drug-likeness (QED) is 0.712. The molecule has 0 aromatic rings. The van der Waals surface area contributed by atoms with Crippen LogP contribution >= 0.6 is 0 Å². The van der Waals surface area contributed by atoms with Crippen LogP contribution in [0.25, 0.3) is 0 Å². The van der Waals surface area contributed by atoms with E-state index in [2.05, 4.69) is 37.9 Å². The summed E-state index contributed by atoms with van der Waals surface area (Å²) in [5.74, 6) is 0. The molecule has 0 aromatic heterocycles. The summed E-state index contributed by atoms with van der Waals surface area (Å²) in [5.41, 5.74) is 0.488. The van der Waals surface area contributed by atoms with Crippen LogP contribution in [-0.2, 0) is 0 Å². The van der Waals surface area contributed by atoms with Crippen molar-refractivity contribution in [1.82, 2.24) is 10.2 Å². The summed E-state index contributed by atoms with van der Waals surface area (Å²) in [6.07, 6.45) is 6.22. The third-order valence-electron chi connectivity index (χ3n) is 5.07. The fourth-order valence-corrected chi connectivity index (χ4v) is 3.01. The van der Waals surface area contributed by atoms with Gasteiger partial charge in [0.1, 0.15) is 0 Å². The van der Waals surface area contributed by atoms with Gasteiger partial charge >= 0.3 is 0 Å². The SMILES string of the molecule is CCNC(C)(CO)CCCN1CCC(C)(CC)CC1. The Morgan fingerprint density at radius 1 is 1.26 bits per heavy atom. The second-order valence-corrected chi connectivity index (χ2v) is 6.86. The van der Waals surface area contributed by atoms with Gasteiger partial charge in [-0.05, 0) is 64.2 Å². The lowest BCUT2D eigenvalue weighted by molar-refractivity contribution is 0.106. The minimum atomic E-state index is -0.0948. The van der Waals surface area contributed by atoms with Crippen LogP contribution in [0.2, 0.25) is 0 Å². The molecule has 2 N–H and O–H groups in total. The predicted octanol–water partition coefficient (Wildman–Crippen LogP) is 2.64. The van der Waals surface area contributed by atoms with E-state index in [0.717, 1.165) is 13.0 Å². The van der Waals surface area contributed by atoms with E-state index < -0.39 is 0 Å². The van der Waals surface area contributed by atoms with Crippen molar-refractivity contribution < 1.29 is 5.11 Å². The highest BCUT2D eigenvalue weighted by atomic mass is 16.3. The summed E-state index contributed by atoms with van der Waals surface area (Å²) in [6, 6.07) is 0. The molecule has 1 atom stereocenters. The van der Waals surface area contributed by atoms with E-state index in [4.69, 9.17) is 0 Å². The first-order valence-corrected chi connectivity index (χ1v) is 8.05. The second-order valence-electron chi connectivity index (χ2n) is 6.86. The molecule has 0 aliphatic carbocycles. The first-order valence-electron chi connectivity index (χ1n) is 8.05. The van der Waals surface area contributed by atoms with Crippen LogP contribution in [0.4, 0.5) is 0 Å². The summed E-state index contributed by atoms with van der Waals surface area (Å²) in [5, 5.41) is 12.9. The molecule has 1 rings (SSSR count). The maximum atomic E-state index is 9.48. The lowest BCUT2D eigenvalue weighted by atomic mass is 9.78.